The summed E-state index contributed by atoms with van der Waals surface area (Å²) in [5.74, 6) is -0.634. The van der Waals surface area contributed by atoms with E-state index < -0.39 is 5.97 Å². The Balaban J connectivity index is 2.39. The van der Waals surface area contributed by atoms with Gasteiger partial charge in [0.05, 0.1) is 19.0 Å². The molecule has 0 aliphatic carbocycles. The summed E-state index contributed by atoms with van der Waals surface area (Å²) in [6.07, 6.45) is 1.43. The summed E-state index contributed by atoms with van der Waals surface area (Å²) in [5, 5.41) is 9.47. The smallest absolute Gasteiger partial charge is 0.303 e. The van der Waals surface area contributed by atoms with Gasteiger partial charge in [-0.25, -0.2) is 0 Å². The van der Waals surface area contributed by atoms with Crippen LogP contribution in [0.5, 0.6) is 5.75 Å². The molecule has 0 unspecified atom stereocenters. The Morgan fingerprint density at radius 2 is 2.06 bits per heavy atom. The number of carbonyl (C=O) groups excluding carboxylic acids is 1. The highest BCUT2D eigenvalue weighted by Gasteiger charge is 2.13. The van der Waals surface area contributed by atoms with Gasteiger partial charge < -0.3 is 9.84 Å². The standard InChI is InChI=1S/C13H13NO4/c1-18-10-4-2-3-9-7-8-14(13(9)10)11(15)5-6-12(16)17/h2-4,7-8H,5-6H2,1H3,(H,16,17). The van der Waals surface area contributed by atoms with E-state index in [0.717, 1.165) is 5.39 Å². The van der Waals surface area contributed by atoms with Crippen LogP contribution in [0, 0.1) is 0 Å². The number of para-hydroxylation sites is 1. The Morgan fingerprint density at radius 3 is 2.72 bits per heavy atom. The third-order valence-corrected chi connectivity index (χ3v) is 2.72. The van der Waals surface area contributed by atoms with Gasteiger partial charge in [0.15, 0.2) is 0 Å². The number of fused-ring (bicyclic) bond motifs is 1. The van der Waals surface area contributed by atoms with Crippen molar-refractivity contribution in [2.45, 2.75) is 12.8 Å². The molecule has 1 aromatic heterocycles. The second kappa shape index (κ2) is 4.91. The third-order valence-electron chi connectivity index (χ3n) is 2.72. The normalized spacial score (nSPS) is 10.5. The van der Waals surface area contributed by atoms with E-state index in [9.17, 15) is 9.59 Å². The number of methoxy groups -OCH3 is 1. The van der Waals surface area contributed by atoms with Gasteiger partial charge in [-0.1, -0.05) is 12.1 Å². The number of hydrogen-bond acceptors (Lipinski definition) is 3. The fourth-order valence-electron chi connectivity index (χ4n) is 1.87. The fraction of sp³-hybridized carbons (Fsp3) is 0.231. The highest BCUT2D eigenvalue weighted by Crippen LogP contribution is 2.26. The predicted octanol–water partition coefficient (Wildman–Crippen LogP) is 2.15. The number of nitrogens with zero attached hydrogens (tertiary/aromatic N) is 1. The number of ether oxygens (including phenoxy) is 1. The molecule has 0 atom stereocenters. The zero-order valence-electron chi connectivity index (χ0n) is 9.92. The van der Waals surface area contributed by atoms with Crippen molar-refractivity contribution in [2.24, 2.45) is 0 Å². The number of carbonyl (C=O) groups is 2. The second-order valence-electron chi connectivity index (χ2n) is 3.87. The van der Waals surface area contributed by atoms with Gasteiger partial charge in [-0.05, 0) is 12.1 Å². The van der Waals surface area contributed by atoms with Crippen molar-refractivity contribution in [3.63, 3.8) is 0 Å². The van der Waals surface area contributed by atoms with Crippen LogP contribution in [0.1, 0.15) is 17.6 Å². The average Bonchev–Trinajstić information content (AvgIpc) is 2.79. The van der Waals surface area contributed by atoms with Crippen LogP contribution in [0.3, 0.4) is 0 Å². The van der Waals surface area contributed by atoms with Gasteiger partial charge in [0, 0.05) is 18.0 Å². The van der Waals surface area contributed by atoms with E-state index in [1.54, 1.807) is 18.3 Å². The highest BCUT2D eigenvalue weighted by atomic mass is 16.5. The first-order valence-corrected chi connectivity index (χ1v) is 5.52. The molecule has 5 heteroatoms. The van der Waals surface area contributed by atoms with Crippen LogP contribution in [0.2, 0.25) is 0 Å². The lowest BCUT2D eigenvalue weighted by Gasteiger charge is -2.07. The lowest BCUT2D eigenvalue weighted by Crippen LogP contribution is -2.11. The van der Waals surface area contributed by atoms with Gasteiger partial charge in [0.25, 0.3) is 0 Å². The lowest BCUT2D eigenvalue weighted by atomic mass is 10.2. The SMILES string of the molecule is COc1cccc2ccn(C(=O)CCC(=O)O)c12. The molecule has 18 heavy (non-hydrogen) atoms. The van der Waals surface area contributed by atoms with Gasteiger partial charge in [-0.3, -0.25) is 14.2 Å². The molecule has 0 aliphatic rings. The molecule has 2 rings (SSSR count). The average molecular weight is 247 g/mol. The first-order chi connectivity index (χ1) is 8.63. The number of benzene rings is 1. The van der Waals surface area contributed by atoms with Gasteiger partial charge in [-0.15, -0.1) is 0 Å². The molecule has 1 N–H and O–H groups in total. The van der Waals surface area contributed by atoms with E-state index in [1.165, 1.54) is 11.7 Å². The van der Waals surface area contributed by atoms with Crippen molar-refractivity contribution in [2.75, 3.05) is 7.11 Å². The molecule has 1 heterocycles. The number of aliphatic carboxylic acids is 1. The molecule has 0 aliphatic heterocycles. The Labute approximate surface area is 104 Å². The number of carboxylic acids is 1. The Morgan fingerprint density at radius 1 is 1.28 bits per heavy atom. The van der Waals surface area contributed by atoms with Crippen molar-refractivity contribution >= 4 is 22.8 Å². The van der Waals surface area contributed by atoms with E-state index in [-0.39, 0.29) is 18.7 Å². The summed E-state index contributed by atoms with van der Waals surface area (Å²) < 4.78 is 6.65. The van der Waals surface area contributed by atoms with E-state index in [2.05, 4.69) is 0 Å². The maximum absolute atomic E-state index is 11.9. The Kier molecular flexibility index (Phi) is 3.32. The number of hydrogen-bond donors (Lipinski definition) is 1. The minimum Gasteiger partial charge on any atom is -0.495 e. The van der Waals surface area contributed by atoms with Gasteiger partial charge in [0.1, 0.15) is 5.75 Å². The van der Waals surface area contributed by atoms with E-state index in [1.807, 2.05) is 12.1 Å². The molecule has 0 saturated heterocycles. The first-order valence-electron chi connectivity index (χ1n) is 5.52. The van der Waals surface area contributed by atoms with Crippen molar-refractivity contribution < 1.29 is 19.4 Å². The molecule has 1 aromatic carbocycles. The molecule has 0 saturated carbocycles. The quantitative estimate of drug-likeness (QED) is 0.898. The zero-order valence-corrected chi connectivity index (χ0v) is 9.92. The molecule has 0 radical (unpaired) electrons. The molecule has 5 nitrogen and oxygen atoms in total. The Hall–Kier alpha value is -2.30. The van der Waals surface area contributed by atoms with Crippen LogP contribution in [0.25, 0.3) is 10.9 Å². The van der Waals surface area contributed by atoms with Crippen LogP contribution in [-0.2, 0) is 4.79 Å². The summed E-state index contributed by atoms with van der Waals surface area (Å²) in [6.45, 7) is 0. The minimum absolute atomic E-state index is 0.0306. The summed E-state index contributed by atoms with van der Waals surface area (Å²) in [4.78, 5) is 22.4. The monoisotopic (exact) mass is 247 g/mol. The molecule has 0 amide bonds. The maximum Gasteiger partial charge on any atom is 0.303 e. The van der Waals surface area contributed by atoms with Gasteiger partial charge in [-0.2, -0.15) is 0 Å². The van der Waals surface area contributed by atoms with E-state index in [0.29, 0.717) is 11.3 Å². The highest BCUT2D eigenvalue weighted by molar-refractivity contribution is 5.96. The summed E-state index contributed by atoms with van der Waals surface area (Å²) in [6, 6.07) is 7.28. The lowest BCUT2D eigenvalue weighted by molar-refractivity contribution is -0.136. The first kappa shape index (κ1) is 12.2. The topological polar surface area (TPSA) is 68.5 Å². The van der Waals surface area contributed by atoms with Crippen molar-refractivity contribution in [3.05, 3.63) is 30.5 Å². The molecule has 0 bridgehead atoms. The van der Waals surface area contributed by atoms with E-state index in [4.69, 9.17) is 9.84 Å². The summed E-state index contributed by atoms with van der Waals surface area (Å²) >= 11 is 0. The van der Waals surface area contributed by atoms with Crippen LogP contribution >= 0.6 is 0 Å². The van der Waals surface area contributed by atoms with Crippen molar-refractivity contribution in [1.82, 2.24) is 4.57 Å². The van der Waals surface area contributed by atoms with Crippen LogP contribution in [-0.4, -0.2) is 28.7 Å². The van der Waals surface area contributed by atoms with Crippen molar-refractivity contribution in [1.29, 1.82) is 0 Å². The Bertz CT molecular complexity index is 600. The largest absolute Gasteiger partial charge is 0.495 e. The third kappa shape index (κ3) is 2.20. The minimum atomic E-state index is -0.980. The van der Waals surface area contributed by atoms with Crippen LogP contribution < -0.4 is 4.74 Å². The summed E-state index contributed by atoms with van der Waals surface area (Å²) in [7, 11) is 1.54. The molecule has 0 spiro atoms. The molecular weight excluding hydrogens is 234 g/mol. The predicted molar refractivity (Wildman–Crippen MR) is 66.0 cm³/mol. The summed E-state index contributed by atoms with van der Waals surface area (Å²) in [5.41, 5.74) is 0.676. The molecule has 0 fully saturated rings. The maximum atomic E-state index is 11.9. The van der Waals surface area contributed by atoms with Gasteiger partial charge in [0.2, 0.25) is 5.91 Å². The second-order valence-corrected chi connectivity index (χ2v) is 3.87. The molecule has 2 aromatic rings. The van der Waals surface area contributed by atoms with Crippen LogP contribution in [0.4, 0.5) is 0 Å². The fourth-order valence-corrected chi connectivity index (χ4v) is 1.87. The van der Waals surface area contributed by atoms with Crippen molar-refractivity contribution in [3.8, 4) is 5.75 Å². The number of carboxylic acid groups (broad SMARTS) is 1. The zero-order chi connectivity index (χ0) is 13.1. The number of rotatable bonds is 4. The molecular formula is C13H13NO4. The number of aromatic nitrogens is 1. The van der Waals surface area contributed by atoms with Crippen LogP contribution in [0.15, 0.2) is 30.5 Å². The molecule has 94 valence electrons. The van der Waals surface area contributed by atoms with E-state index >= 15 is 0 Å². The van der Waals surface area contributed by atoms with Gasteiger partial charge >= 0.3 is 5.97 Å².